The molecule has 1 atom stereocenters. The van der Waals surface area contributed by atoms with Crippen LogP contribution in [0.3, 0.4) is 0 Å². The normalized spacial score (nSPS) is 26.5. The first kappa shape index (κ1) is 13.3. The van der Waals surface area contributed by atoms with Crippen molar-refractivity contribution in [2.45, 2.75) is 63.3 Å². The van der Waals surface area contributed by atoms with Crippen molar-refractivity contribution < 1.29 is 14.6 Å². The Labute approximate surface area is 104 Å². The van der Waals surface area contributed by atoms with Gasteiger partial charge in [0.1, 0.15) is 0 Å². The van der Waals surface area contributed by atoms with E-state index < -0.39 is 0 Å². The molecule has 0 aromatic rings. The maximum Gasteiger partial charge on any atom is 0.168 e. The van der Waals surface area contributed by atoms with Crippen LogP contribution in [0.4, 0.5) is 0 Å². The van der Waals surface area contributed by atoms with E-state index >= 15 is 0 Å². The molecule has 0 aromatic carbocycles. The largest absolute Gasteiger partial charge is 0.396 e. The summed E-state index contributed by atoms with van der Waals surface area (Å²) in [7, 11) is 0. The number of aliphatic hydroxyl groups excluding tert-OH is 1. The summed E-state index contributed by atoms with van der Waals surface area (Å²) < 4.78 is 11.4. The lowest BCUT2D eigenvalue weighted by Gasteiger charge is -2.37. The van der Waals surface area contributed by atoms with E-state index in [1.165, 1.54) is 0 Å². The zero-order valence-corrected chi connectivity index (χ0v) is 10.8. The van der Waals surface area contributed by atoms with E-state index in [1.807, 2.05) is 0 Å². The summed E-state index contributed by atoms with van der Waals surface area (Å²) >= 11 is 0. The summed E-state index contributed by atoms with van der Waals surface area (Å²) in [5, 5.41) is 12.6. The van der Waals surface area contributed by atoms with Crippen molar-refractivity contribution in [1.29, 1.82) is 0 Å². The Morgan fingerprint density at radius 2 is 1.94 bits per heavy atom. The van der Waals surface area contributed by atoms with Crippen LogP contribution in [-0.2, 0) is 9.47 Å². The van der Waals surface area contributed by atoms with Gasteiger partial charge >= 0.3 is 0 Å². The fraction of sp³-hybridized carbons (Fsp3) is 1.00. The molecule has 0 aromatic heterocycles. The fourth-order valence-electron chi connectivity index (χ4n) is 2.90. The molecule has 1 saturated carbocycles. The number of ether oxygens (including phenoxy) is 2. The van der Waals surface area contributed by atoms with Crippen LogP contribution in [0.1, 0.15) is 45.4 Å². The maximum absolute atomic E-state index is 8.98. The Kier molecular flexibility index (Phi) is 4.79. The monoisotopic (exact) mass is 243 g/mol. The van der Waals surface area contributed by atoms with Gasteiger partial charge in [-0.15, -0.1) is 0 Å². The molecule has 100 valence electrons. The summed E-state index contributed by atoms with van der Waals surface area (Å²) in [6, 6.07) is 1.01. The molecule has 0 bridgehead atoms. The van der Waals surface area contributed by atoms with Crippen molar-refractivity contribution in [3.05, 3.63) is 0 Å². The molecule has 2 rings (SSSR count). The molecular weight excluding hydrogens is 218 g/mol. The van der Waals surface area contributed by atoms with Crippen LogP contribution in [0.15, 0.2) is 0 Å². The van der Waals surface area contributed by atoms with Crippen LogP contribution in [-0.4, -0.2) is 42.8 Å². The minimum absolute atomic E-state index is 0.253. The second-order valence-electron chi connectivity index (χ2n) is 5.17. The average molecular weight is 243 g/mol. The third-order valence-corrected chi connectivity index (χ3v) is 4.00. The van der Waals surface area contributed by atoms with Gasteiger partial charge in [-0.3, -0.25) is 0 Å². The van der Waals surface area contributed by atoms with Crippen LogP contribution < -0.4 is 5.32 Å². The Hall–Kier alpha value is -0.160. The van der Waals surface area contributed by atoms with E-state index in [0.29, 0.717) is 12.1 Å². The quantitative estimate of drug-likeness (QED) is 0.767. The Bertz CT molecular complexity index is 219. The van der Waals surface area contributed by atoms with Gasteiger partial charge < -0.3 is 19.9 Å². The van der Waals surface area contributed by atoms with Crippen LogP contribution in [0.25, 0.3) is 0 Å². The lowest BCUT2D eigenvalue weighted by atomic mass is 9.89. The minimum Gasteiger partial charge on any atom is -0.396 e. The lowest BCUT2D eigenvalue weighted by molar-refractivity contribution is -0.179. The number of nitrogens with one attached hydrogen (secondary N) is 1. The van der Waals surface area contributed by atoms with Gasteiger partial charge in [0.15, 0.2) is 5.79 Å². The lowest BCUT2D eigenvalue weighted by Crippen LogP contribution is -2.45. The Morgan fingerprint density at radius 3 is 2.47 bits per heavy atom. The zero-order valence-electron chi connectivity index (χ0n) is 10.8. The van der Waals surface area contributed by atoms with Crippen molar-refractivity contribution in [3.8, 4) is 0 Å². The molecule has 1 aliphatic carbocycles. The third-order valence-electron chi connectivity index (χ3n) is 4.00. The molecule has 2 fully saturated rings. The Morgan fingerprint density at radius 1 is 1.29 bits per heavy atom. The van der Waals surface area contributed by atoms with Gasteiger partial charge in [0.2, 0.25) is 0 Å². The molecule has 0 radical (unpaired) electrons. The summed E-state index contributed by atoms with van der Waals surface area (Å²) in [4.78, 5) is 0. The van der Waals surface area contributed by atoms with E-state index in [-0.39, 0.29) is 12.4 Å². The molecule has 1 spiro atoms. The molecule has 1 aliphatic heterocycles. The zero-order chi connectivity index (χ0) is 12.1. The van der Waals surface area contributed by atoms with E-state index in [2.05, 4.69) is 12.2 Å². The highest BCUT2D eigenvalue weighted by Gasteiger charge is 2.40. The summed E-state index contributed by atoms with van der Waals surface area (Å²) in [5.74, 6) is -0.253. The average Bonchev–Trinajstić information content (AvgIpc) is 2.80. The summed E-state index contributed by atoms with van der Waals surface area (Å²) in [6.45, 7) is 3.94. The van der Waals surface area contributed by atoms with Gasteiger partial charge in [-0.1, -0.05) is 6.92 Å². The summed E-state index contributed by atoms with van der Waals surface area (Å²) in [6.07, 6.45) is 6.16. The molecule has 1 heterocycles. The standard InChI is InChI=1S/C13H25NO3/c1-2-11(5-8-15)14-12-3-6-13(7-4-12)16-9-10-17-13/h11-12,14-15H,2-10H2,1H3. The predicted octanol–water partition coefficient (Wildman–Crippen LogP) is 1.42. The number of hydrogen-bond acceptors (Lipinski definition) is 4. The van der Waals surface area contributed by atoms with Crippen molar-refractivity contribution in [3.63, 3.8) is 0 Å². The smallest absolute Gasteiger partial charge is 0.168 e. The van der Waals surface area contributed by atoms with E-state index in [0.717, 1.165) is 51.7 Å². The van der Waals surface area contributed by atoms with Gasteiger partial charge in [0, 0.05) is 31.5 Å². The first-order valence-electron chi connectivity index (χ1n) is 6.93. The minimum atomic E-state index is -0.253. The van der Waals surface area contributed by atoms with Crippen LogP contribution in [0.5, 0.6) is 0 Å². The van der Waals surface area contributed by atoms with Crippen molar-refractivity contribution >= 4 is 0 Å². The van der Waals surface area contributed by atoms with Crippen molar-refractivity contribution in [2.24, 2.45) is 0 Å². The maximum atomic E-state index is 8.98. The van der Waals surface area contributed by atoms with Crippen molar-refractivity contribution in [1.82, 2.24) is 5.32 Å². The van der Waals surface area contributed by atoms with Crippen LogP contribution in [0.2, 0.25) is 0 Å². The molecule has 17 heavy (non-hydrogen) atoms. The predicted molar refractivity (Wildman–Crippen MR) is 65.8 cm³/mol. The first-order chi connectivity index (χ1) is 8.28. The van der Waals surface area contributed by atoms with Crippen LogP contribution >= 0.6 is 0 Å². The second-order valence-corrected chi connectivity index (χ2v) is 5.17. The molecular formula is C13H25NO3. The van der Waals surface area contributed by atoms with Gasteiger partial charge in [-0.05, 0) is 25.7 Å². The van der Waals surface area contributed by atoms with Gasteiger partial charge in [-0.2, -0.15) is 0 Å². The van der Waals surface area contributed by atoms with E-state index in [4.69, 9.17) is 14.6 Å². The number of rotatable bonds is 5. The van der Waals surface area contributed by atoms with Crippen LogP contribution in [0, 0.1) is 0 Å². The highest BCUT2D eigenvalue weighted by atomic mass is 16.7. The number of hydrogen-bond donors (Lipinski definition) is 2. The third kappa shape index (κ3) is 3.41. The van der Waals surface area contributed by atoms with E-state index in [9.17, 15) is 0 Å². The molecule has 4 heteroatoms. The Balaban J connectivity index is 1.74. The van der Waals surface area contributed by atoms with Crippen molar-refractivity contribution in [2.75, 3.05) is 19.8 Å². The van der Waals surface area contributed by atoms with Gasteiger partial charge in [0.25, 0.3) is 0 Å². The molecule has 0 amide bonds. The highest BCUT2D eigenvalue weighted by molar-refractivity contribution is 4.86. The molecule has 2 N–H and O–H groups in total. The summed E-state index contributed by atoms with van der Waals surface area (Å²) in [5.41, 5.74) is 0. The fourth-order valence-corrected chi connectivity index (χ4v) is 2.90. The molecule has 4 nitrogen and oxygen atoms in total. The molecule has 1 unspecified atom stereocenters. The molecule has 2 aliphatic rings. The van der Waals surface area contributed by atoms with Gasteiger partial charge in [0.05, 0.1) is 13.2 Å². The van der Waals surface area contributed by atoms with E-state index in [1.54, 1.807) is 0 Å². The first-order valence-corrected chi connectivity index (χ1v) is 6.93. The van der Waals surface area contributed by atoms with Gasteiger partial charge in [-0.25, -0.2) is 0 Å². The topological polar surface area (TPSA) is 50.7 Å². The number of aliphatic hydroxyl groups is 1. The molecule has 1 saturated heterocycles. The SMILES string of the molecule is CCC(CCO)NC1CCC2(CC1)OCCO2. The second kappa shape index (κ2) is 6.14. The highest BCUT2D eigenvalue weighted by Crippen LogP contribution is 2.35.